The number of hydrogen-bond acceptors (Lipinski definition) is 3. The number of halogens is 1. The number of rotatable bonds is 1. The summed E-state index contributed by atoms with van der Waals surface area (Å²) < 4.78 is 0. The minimum Gasteiger partial charge on any atom is -0.356 e. The molecule has 0 spiro atoms. The molecule has 2 aromatic rings. The minimum atomic E-state index is 0.312. The van der Waals surface area contributed by atoms with Gasteiger partial charge in [-0.15, -0.1) is 0 Å². The summed E-state index contributed by atoms with van der Waals surface area (Å²) in [5.74, 6) is 0.962. The van der Waals surface area contributed by atoms with E-state index in [1.54, 1.807) is 0 Å². The first-order valence-electron chi connectivity index (χ1n) is 5.10. The van der Waals surface area contributed by atoms with Gasteiger partial charge in [-0.25, -0.2) is 0 Å². The molecule has 1 saturated heterocycles. The maximum absolute atomic E-state index is 5.89. The molecule has 3 rings (SSSR count). The van der Waals surface area contributed by atoms with Gasteiger partial charge < -0.3 is 9.88 Å². The summed E-state index contributed by atoms with van der Waals surface area (Å²) in [4.78, 5) is 13.8. The van der Waals surface area contributed by atoms with E-state index in [2.05, 4.69) is 19.9 Å². The Morgan fingerprint density at radius 1 is 1.27 bits per heavy atom. The maximum Gasteiger partial charge on any atom is 0.226 e. The second-order valence-electron chi connectivity index (χ2n) is 3.75. The van der Waals surface area contributed by atoms with Crippen LogP contribution in [-0.4, -0.2) is 28.0 Å². The Bertz CT molecular complexity index is 487. The zero-order valence-electron chi connectivity index (χ0n) is 8.20. The molecule has 0 bridgehead atoms. The topological polar surface area (TPSA) is 44.8 Å². The summed E-state index contributed by atoms with van der Waals surface area (Å²) in [6.45, 7) is 2.13. The van der Waals surface area contributed by atoms with Crippen molar-refractivity contribution in [2.75, 3.05) is 18.0 Å². The Morgan fingerprint density at radius 2 is 2.07 bits per heavy atom. The van der Waals surface area contributed by atoms with E-state index in [1.807, 2.05) is 12.3 Å². The van der Waals surface area contributed by atoms with Crippen LogP contribution in [0.25, 0.3) is 11.0 Å². The molecule has 0 amide bonds. The van der Waals surface area contributed by atoms with Crippen molar-refractivity contribution in [3.05, 3.63) is 17.5 Å². The molecule has 0 atom stereocenters. The lowest BCUT2D eigenvalue weighted by Crippen LogP contribution is -2.19. The summed E-state index contributed by atoms with van der Waals surface area (Å²) in [5.41, 5.74) is 0.817. The number of aromatic amines is 1. The van der Waals surface area contributed by atoms with Gasteiger partial charge in [0.05, 0.1) is 5.39 Å². The largest absolute Gasteiger partial charge is 0.356 e. The lowest BCUT2D eigenvalue weighted by Gasteiger charge is -2.16. The highest BCUT2D eigenvalue weighted by atomic mass is 35.5. The Labute approximate surface area is 92.3 Å². The Morgan fingerprint density at radius 3 is 2.87 bits per heavy atom. The maximum atomic E-state index is 5.89. The van der Waals surface area contributed by atoms with Crippen LogP contribution in [0.15, 0.2) is 12.3 Å². The molecule has 1 N–H and O–H groups in total. The molecule has 2 aromatic heterocycles. The Hall–Kier alpha value is -1.29. The van der Waals surface area contributed by atoms with Gasteiger partial charge in [-0.2, -0.15) is 9.97 Å². The van der Waals surface area contributed by atoms with Crippen LogP contribution in [-0.2, 0) is 0 Å². The quantitative estimate of drug-likeness (QED) is 0.753. The van der Waals surface area contributed by atoms with E-state index in [0.29, 0.717) is 5.28 Å². The molecule has 0 aliphatic carbocycles. The third-order valence-corrected chi connectivity index (χ3v) is 2.94. The molecule has 0 aromatic carbocycles. The van der Waals surface area contributed by atoms with E-state index in [-0.39, 0.29) is 0 Å². The molecule has 1 aliphatic heterocycles. The SMILES string of the molecule is Clc1nc(N2CCCC2)c2cc[nH]c2n1. The average molecular weight is 223 g/mol. The third kappa shape index (κ3) is 1.45. The molecule has 15 heavy (non-hydrogen) atoms. The molecule has 5 heteroatoms. The van der Waals surface area contributed by atoms with Gasteiger partial charge in [-0.3, -0.25) is 0 Å². The molecule has 0 saturated carbocycles. The molecule has 0 unspecified atom stereocenters. The molecule has 4 nitrogen and oxygen atoms in total. The molecular weight excluding hydrogens is 212 g/mol. The van der Waals surface area contributed by atoms with Gasteiger partial charge in [-0.05, 0) is 30.5 Å². The number of fused-ring (bicyclic) bond motifs is 1. The number of anilines is 1. The van der Waals surface area contributed by atoms with Crippen molar-refractivity contribution in [1.82, 2.24) is 15.0 Å². The van der Waals surface area contributed by atoms with Gasteiger partial charge in [0.15, 0.2) is 0 Å². The van der Waals surface area contributed by atoms with Crippen molar-refractivity contribution in [3.8, 4) is 0 Å². The van der Waals surface area contributed by atoms with Crippen molar-refractivity contribution in [3.63, 3.8) is 0 Å². The van der Waals surface area contributed by atoms with E-state index in [9.17, 15) is 0 Å². The molecule has 3 heterocycles. The predicted molar refractivity (Wildman–Crippen MR) is 60.3 cm³/mol. The fourth-order valence-corrected chi connectivity index (χ4v) is 2.23. The summed E-state index contributed by atoms with van der Waals surface area (Å²) in [7, 11) is 0. The fourth-order valence-electron chi connectivity index (χ4n) is 2.07. The molecular formula is C10H11ClN4. The first kappa shape index (κ1) is 8.97. The van der Waals surface area contributed by atoms with Crippen molar-refractivity contribution < 1.29 is 0 Å². The minimum absolute atomic E-state index is 0.312. The van der Waals surface area contributed by atoms with Crippen LogP contribution in [0.4, 0.5) is 5.82 Å². The van der Waals surface area contributed by atoms with Gasteiger partial charge >= 0.3 is 0 Å². The lowest BCUT2D eigenvalue weighted by atomic mass is 10.3. The van der Waals surface area contributed by atoms with E-state index in [0.717, 1.165) is 29.9 Å². The normalized spacial score (nSPS) is 16.5. The first-order chi connectivity index (χ1) is 7.34. The Kier molecular flexibility index (Phi) is 2.02. The molecule has 1 fully saturated rings. The van der Waals surface area contributed by atoms with Crippen LogP contribution >= 0.6 is 11.6 Å². The monoisotopic (exact) mass is 222 g/mol. The molecule has 78 valence electrons. The van der Waals surface area contributed by atoms with Crippen LogP contribution in [0.5, 0.6) is 0 Å². The van der Waals surface area contributed by atoms with Gasteiger partial charge in [0.25, 0.3) is 0 Å². The van der Waals surface area contributed by atoms with Gasteiger partial charge in [-0.1, -0.05) is 0 Å². The Balaban J connectivity index is 2.18. The number of H-pyrrole nitrogens is 1. The van der Waals surface area contributed by atoms with Crippen LogP contribution < -0.4 is 4.90 Å². The summed E-state index contributed by atoms with van der Waals surface area (Å²) in [6, 6.07) is 2.00. The van der Waals surface area contributed by atoms with Crippen LogP contribution in [0.3, 0.4) is 0 Å². The fraction of sp³-hybridized carbons (Fsp3) is 0.400. The van der Waals surface area contributed by atoms with E-state index in [1.165, 1.54) is 12.8 Å². The van der Waals surface area contributed by atoms with Gasteiger partial charge in [0.2, 0.25) is 5.28 Å². The van der Waals surface area contributed by atoms with E-state index >= 15 is 0 Å². The van der Waals surface area contributed by atoms with Crippen LogP contribution in [0, 0.1) is 0 Å². The number of nitrogens with one attached hydrogen (secondary N) is 1. The standard InChI is InChI=1S/C10H11ClN4/c11-10-13-8-7(3-4-12-8)9(14-10)15-5-1-2-6-15/h3-4H,1-2,5-6H2,(H,12,13,14). The smallest absolute Gasteiger partial charge is 0.226 e. The van der Waals surface area contributed by atoms with Crippen molar-refractivity contribution in [2.24, 2.45) is 0 Å². The third-order valence-electron chi connectivity index (χ3n) is 2.77. The van der Waals surface area contributed by atoms with Crippen molar-refractivity contribution in [1.29, 1.82) is 0 Å². The second kappa shape index (κ2) is 3.38. The highest BCUT2D eigenvalue weighted by Gasteiger charge is 2.17. The first-order valence-corrected chi connectivity index (χ1v) is 5.48. The highest BCUT2D eigenvalue weighted by molar-refractivity contribution is 6.28. The molecule has 1 aliphatic rings. The lowest BCUT2D eigenvalue weighted by molar-refractivity contribution is 0.939. The second-order valence-corrected chi connectivity index (χ2v) is 4.09. The van der Waals surface area contributed by atoms with Gasteiger partial charge in [0.1, 0.15) is 11.5 Å². The zero-order chi connectivity index (χ0) is 10.3. The summed E-state index contributed by atoms with van der Waals surface area (Å²) in [5, 5.41) is 1.37. The van der Waals surface area contributed by atoms with Crippen LogP contribution in [0.2, 0.25) is 5.28 Å². The van der Waals surface area contributed by atoms with Crippen molar-refractivity contribution >= 4 is 28.5 Å². The van der Waals surface area contributed by atoms with Gasteiger partial charge in [0, 0.05) is 19.3 Å². The van der Waals surface area contributed by atoms with E-state index < -0.39 is 0 Å². The average Bonchev–Trinajstić information content (AvgIpc) is 2.86. The zero-order valence-corrected chi connectivity index (χ0v) is 8.96. The number of hydrogen-bond donors (Lipinski definition) is 1. The summed E-state index contributed by atoms with van der Waals surface area (Å²) in [6.07, 6.45) is 4.33. The highest BCUT2D eigenvalue weighted by Crippen LogP contribution is 2.27. The number of aromatic nitrogens is 3. The molecule has 0 radical (unpaired) electrons. The van der Waals surface area contributed by atoms with Crippen molar-refractivity contribution in [2.45, 2.75) is 12.8 Å². The number of nitrogens with zero attached hydrogens (tertiary/aromatic N) is 3. The van der Waals surface area contributed by atoms with Crippen LogP contribution in [0.1, 0.15) is 12.8 Å². The van der Waals surface area contributed by atoms with E-state index in [4.69, 9.17) is 11.6 Å². The summed E-state index contributed by atoms with van der Waals surface area (Å²) >= 11 is 5.89. The predicted octanol–water partition coefficient (Wildman–Crippen LogP) is 2.21.